The number of guanidine groups is 1. The maximum absolute atomic E-state index is 12.1. The molecule has 6 heteroatoms. The van der Waals surface area contributed by atoms with Crippen molar-refractivity contribution in [2.45, 2.75) is 31.9 Å². The lowest BCUT2D eigenvalue weighted by atomic mass is 10.2. The second-order valence-electron chi connectivity index (χ2n) is 6.17. The highest BCUT2D eigenvalue weighted by molar-refractivity contribution is 14.0. The molecule has 1 atom stereocenters. The molecule has 1 aliphatic rings. The van der Waals surface area contributed by atoms with Gasteiger partial charge in [0.15, 0.2) is 5.96 Å². The SMILES string of the molecule is CN=C(NCCS(=O)C(C)(C)C)N1CCc2ccccc21.I. The molecule has 0 bridgehead atoms. The second kappa shape index (κ2) is 8.29. The Morgan fingerprint density at radius 3 is 2.68 bits per heavy atom. The van der Waals surface area contributed by atoms with Gasteiger partial charge in [-0.15, -0.1) is 24.0 Å². The summed E-state index contributed by atoms with van der Waals surface area (Å²) in [5.41, 5.74) is 2.58. The van der Waals surface area contributed by atoms with Crippen LogP contribution in [0, 0.1) is 0 Å². The van der Waals surface area contributed by atoms with Crippen molar-refractivity contribution in [2.24, 2.45) is 4.99 Å². The van der Waals surface area contributed by atoms with Crippen LogP contribution in [-0.4, -0.2) is 40.8 Å². The van der Waals surface area contributed by atoms with Gasteiger partial charge in [0.2, 0.25) is 0 Å². The number of aliphatic imine (C=N–C) groups is 1. The van der Waals surface area contributed by atoms with E-state index in [-0.39, 0.29) is 28.7 Å². The Morgan fingerprint density at radius 2 is 2.05 bits per heavy atom. The first-order valence-corrected chi connectivity index (χ1v) is 8.70. The van der Waals surface area contributed by atoms with Crippen LogP contribution >= 0.6 is 24.0 Å². The quantitative estimate of drug-likeness (QED) is 0.451. The summed E-state index contributed by atoms with van der Waals surface area (Å²) in [5, 5.41) is 3.34. The largest absolute Gasteiger partial charge is 0.355 e. The van der Waals surface area contributed by atoms with Crippen LogP contribution in [0.2, 0.25) is 0 Å². The number of benzene rings is 1. The summed E-state index contributed by atoms with van der Waals surface area (Å²) in [6.45, 7) is 7.65. The molecule has 1 heterocycles. The van der Waals surface area contributed by atoms with E-state index in [1.54, 1.807) is 7.05 Å². The third-order valence-corrected chi connectivity index (χ3v) is 5.55. The van der Waals surface area contributed by atoms with Gasteiger partial charge in [0.1, 0.15) is 0 Å². The number of nitrogens with zero attached hydrogens (tertiary/aromatic N) is 2. The minimum Gasteiger partial charge on any atom is -0.355 e. The van der Waals surface area contributed by atoms with E-state index in [9.17, 15) is 4.21 Å². The first-order valence-electron chi connectivity index (χ1n) is 7.38. The summed E-state index contributed by atoms with van der Waals surface area (Å²) in [7, 11) is 0.957. The molecule has 0 aliphatic carbocycles. The molecule has 124 valence electrons. The summed E-state index contributed by atoms with van der Waals surface area (Å²) in [6, 6.07) is 8.42. The molecule has 1 N–H and O–H groups in total. The summed E-state index contributed by atoms with van der Waals surface area (Å²) >= 11 is 0. The number of halogens is 1. The monoisotopic (exact) mass is 435 g/mol. The predicted octanol–water partition coefficient (Wildman–Crippen LogP) is 2.79. The highest BCUT2D eigenvalue weighted by atomic mass is 127. The average molecular weight is 435 g/mol. The van der Waals surface area contributed by atoms with Crippen LogP contribution in [0.4, 0.5) is 5.69 Å². The van der Waals surface area contributed by atoms with E-state index in [4.69, 9.17) is 0 Å². The highest BCUT2D eigenvalue weighted by Gasteiger charge is 2.23. The maximum atomic E-state index is 12.1. The Kier molecular flexibility index (Phi) is 7.31. The molecular weight excluding hydrogens is 409 g/mol. The van der Waals surface area contributed by atoms with Crippen molar-refractivity contribution >= 4 is 46.4 Å². The Hall–Kier alpha value is -0.630. The van der Waals surface area contributed by atoms with E-state index in [0.29, 0.717) is 12.3 Å². The number of hydrogen-bond donors (Lipinski definition) is 1. The lowest BCUT2D eigenvalue weighted by molar-refractivity contribution is 0.647. The number of nitrogens with one attached hydrogen (secondary N) is 1. The van der Waals surface area contributed by atoms with Crippen molar-refractivity contribution in [1.82, 2.24) is 5.32 Å². The van der Waals surface area contributed by atoms with E-state index in [1.165, 1.54) is 11.3 Å². The Labute approximate surface area is 153 Å². The van der Waals surface area contributed by atoms with Crippen molar-refractivity contribution in [1.29, 1.82) is 0 Å². The van der Waals surface area contributed by atoms with Crippen molar-refractivity contribution in [3.63, 3.8) is 0 Å². The number of fused-ring (bicyclic) bond motifs is 1. The fraction of sp³-hybridized carbons (Fsp3) is 0.562. The molecule has 22 heavy (non-hydrogen) atoms. The van der Waals surface area contributed by atoms with Crippen LogP contribution in [0.15, 0.2) is 29.3 Å². The van der Waals surface area contributed by atoms with Crippen molar-refractivity contribution in [3.8, 4) is 0 Å². The van der Waals surface area contributed by atoms with Gasteiger partial charge in [-0.1, -0.05) is 18.2 Å². The molecule has 2 rings (SSSR count). The van der Waals surface area contributed by atoms with E-state index >= 15 is 0 Å². The maximum Gasteiger partial charge on any atom is 0.198 e. The average Bonchev–Trinajstić information content (AvgIpc) is 2.86. The topological polar surface area (TPSA) is 44.7 Å². The molecule has 1 aromatic carbocycles. The fourth-order valence-corrected chi connectivity index (χ4v) is 3.32. The van der Waals surface area contributed by atoms with Gasteiger partial charge < -0.3 is 10.2 Å². The molecule has 0 radical (unpaired) electrons. The summed E-state index contributed by atoms with van der Waals surface area (Å²) in [4.78, 5) is 6.56. The third-order valence-electron chi connectivity index (χ3n) is 3.61. The van der Waals surface area contributed by atoms with Gasteiger partial charge in [0.25, 0.3) is 0 Å². The molecule has 0 saturated carbocycles. The molecule has 0 saturated heterocycles. The first kappa shape index (κ1) is 19.4. The smallest absolute Gasteiger partial charge is 0.198 e. The molecule has 4 nitrogen and oxygen atoms in total. The minimum atomic E-state index is -0.838. The minimum absolute atomic E-state index is 0. The van der Waals surface area contributed by atoms with Gasteiger partial charge in [-0.05, 0) is 38.8 Å². The van der Waals surface area contributed by atoms with Crippen LogP contribution in [-0.2, 0) is 17.2 Å². The van der Waals surface area contributed by atoms with E-state index in [0.717, 1.165) is 18.9 Å². The number of anilines is 1. The summed E-state index contributed by atoms with van der Waals surface area (Å²) < 4.78 is 11.9. The first-order chi connectivity index (χ1) is 9.93. The summed E-state index contributed by atoms with van der Waals surface area (Å²) in [5.74, 6) is 1.50. The highest BCUT2D eigenvalue weighted by Crippen LogP contribution is 2.27. The zero-order valence-electron chi connectivity index (χ0n) is 13.8. The lowest BCUT2D eigenvalue weighted by Crippen LogP contribution is -2.42. The normalized spacial score (nSPS) is 16.0. The van der Waals surface area contributed by atoms with Crippen LogP contribution in [0.25, 0.3) is 0 Å². The molecule has 0 amide bonds. The van der Waals surface area contributed by atoms with E-state index in [2.05, 4.69) is 39.5 Å². The standard InChI is InChI=1S/C16H25N3OS.HI/c1-16(2,3)21(20)12-10-18-15(17-4)19-11-9-13-7-5-6-8-14(13)19;/h5-8H,9-12H2,1-4H3,(H,17,18);1H. The molecule has 0 aromatic heterocycles. The molecule has 1 aliphatic heterocycles. The number of para-hydroxylation sites is 1. The van der Waals surface area contributed by atoms with Crippen molar-refractivity contribution in [2.75, 3.05) is 30.8 Å². The lowest BCUT2D eigenvalue weighted by Gasteiger charge is -2.23. The van der Waals surface area contributed by atoms with Gasteiger partial charge in [-0.25, -0.2) is 0 Å². The molecule has 1 aromatic rings. The molecule has 1 unspecified atom stereocenters. The van der Waals surface area contributed by atoms with E-state index in [1.807, 2.05) is 20.8 Å². The molecule has 0 spiro atoms. The van der Waals surface area contributed by atoms with Crippen LogP contribution in [0.5, 0.6) is 0 Å². The van der Waals surface area contributed by atoms with Gasteiger partial charge in [0, 0.05) is 47.1 Å². The molecular formula is C16H26IN3OS. The second-order valence-corrected chi connectivity index (χ2v) is 8.49. The zero-order chi connectivity index (χ0) is 15.5. The third kappa shape index (κ3) is 4.68. The van der Waals surface area contributed by atoms with Crippen molar-refractivity contribution in [3.05, 3.63) is 29.8 Å². The fourth-order valence-electron chi connectivity index (χ4n) is 2.42. The Balaban J connectivity index is 0.00000242. The van der Waals surface area contributed by atoms with Crippen LogP contribution < -0.4 is 10.2 Å². The Morgan fingerprint density at radius 1 is 1.36 bits per heavy atom. The van der Waals surface area contributed by atoms with Gasteiger partial charge in [-0.2, -0.15) is 0 Å². The number of rotatable bonds is 3. The zero-order valence-corrected chi connectivity index (χ0v) is 16.9. The Bertz CT molecular complexity index is 555. The molecule has 0 fully saturated rings. The van der Waals surface area contributed by atoms with Gasteiger partial charge in [0.05, 0.1) is 0 Å². The van der Waals surface area contributed by atoms with Crippen molar-refractivity contribution < 1.29 is 4.21 Å². The number of hydrogen-bond acceptors (Lipinski definition) is 2. The van der Waals surface area contributed by atoms with Crippen LogP contribution in [0.3, 0.4) is 0 Å². The van der Waals surface area contributed by atoms with Gasteiger partial charge >= 0.3 is 0 Å². The predicted molar refractivity (Wildman–Crippen MR) is 107 cm³/mol. The summed E-state index contributed by atoms with van der Waals surface area (Å²) in [6.07, 6.45) is 1.05. The van der Waals surface area contributed by atoms with E-state index < -0.39 is 10.8 Å². The van der Waals surface area contributed by atoms with Gasteiger partial charge in [-0.3, -0.25) is 9.20 Å². The van der Waals surface area contributed by atoms with Crippen LogP contribution in [0.1, 0.15) is 26.3 Å².